The van der Waals surface area contributed by atoms with Crippen LogP contribution in [0.25, 0.3) is 6.08 Å². The van der Waals surface area contributed by atoms with Gasteiger partial charge in [-0.15, -0.1) is 0 Å². The molecule has 0 aromatic heterocycles. The molecule has 0 heterocycles. The Balaban J connectivity index is 2.50. The van der Waals surface area contributed by atoms with Crippen LogP contribution in [-0.4, -0.2) is 12.5 Å². The van der Waals surface area contributed by atoms with Gasteiger partial charge in [-0.1, -0.05) is 36.9 Å². The van der Waals surface area contributed by atoms with E-state index in [2.05, 4.69) is 24.0 Å². The molecule has 0 aliphatic heterocycles. The molecule has 0 saturated carbocycles. The number of amides is 1. The molecule has 1 aromatic carbocycles. The fourth-order valence-electron chi connectivity index (χ4n) is 1.26. The number of benzene rings is 1. The Kier molecular flexibility index (Phi) is 3.92. The Morgan fingerprint density at radius 3 is 3.00 bits per heavy atom. The fourth-order valence-corrected chi connectivity index (χ4v) is 1.26. The first kappa shape index (κ1) is 10.5. The molecule has 1 rings (SSSR count). The normalized spacial score (nSPS) is 9.50. The van der Waals surface area contributed by atoms with Gasteiger partial charge in [0.1, 0.15) is 0 Å². The van der Waals surface area contributed by atoms with E-state index in [0.717, 1.165) is 12.0 Å². The summed E-state index contributed by atoms with van der Waals surface area (Å²) in [6.07, 6.45) is 2.68. The van der Waals surface area contributed by atoms with Gasteiger partial charge in [0.25, 0.3) is 0 Å². The number of rotatable bonds is 4. The van der Waals surface area contributed by atoms with E-state index < -0.39 is 0 Å². The molecule has 1 N–H and O–H groups in total. The molecule has 0 radical (unpaired) electrons. The van der Waals surface area contributed by atoms with Gasteiger partial charge in [-0.2, -0.15) is 0 Å². The Morgan fingerprint density at radius 2 is 2.36 bits per heavy atom. The van der Waals surface area contributed by atoms with Crippen molar-refractivity contribution in [2.24, 2.45) is 0 Å². The Morgan fingerprint density at radius 1 is 1.57 bits per heavy atom. The second-order valence-electron chi connectivity index (χ2n) is 3.18. The average Bonchev–Trinajstić information content (AvgIpc) is 2.18. The van der Waals surface area contributed by atoms with Gasteiger partial charge in [0.05, 0.1) is 0 Å². The largest absolute Gasteiger partial charge is 0.356 e. The maximum Gasteiger partial charge on any atom is 0.216 e. The molecule has 2 nitrogen and oxygen atoms in total. The van der Waals surface area contributed by atoms with Crippen molar-refractivity contribution in [1.29, 1.82) is 0 Å². The molecule has 1 amide bonds. The van der Waals surface area contributed by atoms with Gasteiger partial charge in [0, 0.05) is 13.5 Å². The summed E-state index contributed by atoms with van der Waals surface area (Å²) in [5.74, 6) is 0.0184. The molecule has 14 heavy (non-hydrogen) atoms. The van der Waals surface area contributed by atoms with Gasteiger partial charge in [0.2, 0.25) is 5.91 Å². The average molecular weight is 189 g/mol. The summed E-state index contributed by atoms with van der Waals surface area (Å²) in [4.78, 5) is 10.6. The minimum atomic E-state index is 0.0184. The number of carbonyl (C=O) groups is 1. The third-order valence-electron chi connectivity index (χ3n) is 1.97. The van der Waals surface area contributed by atoms with Crippen molar-refractivity contribution in [2.45, 2.75) is 13.3 Å². The molecule has 2 heteroatoms. The third-order valence-corrected chi connectivity index (χ3v) is 1.97. The van der Waals surface area contributed by atoms with Crippen LogP contribution in [0, 0.1) is 0 Å². The van der Waals surface area contributed by atoms with E-state index in [0.29, 0.717) is 6.54 Å². The summed E-state index contributed by atoms with van der Waals surface area (Å²) in [5, 5.41) is 2.77. The Labute approximate surface area is 84.6 Å². The minimum absolute atomic E-state index is 0.0184. The van der Waals surface area contributed by atoms with Crippen molar-refractivity contribution in [3.63, 3.8) is 0 Å². The van der Waals surface area contributed by atoms with Crippen LogP contribution in [0.4, 0.5) is 0 Å². The monoisotopic (exact) mass is 189 g/mol. The summed E-state index contributed by atoms with van der Waals surface area (Å²) in [6.45, 7) is 5.93. The molecule has 0 fully saturated rings. The first-order valence-electron chi connectivity index (χ1n) is 4.68. The molecule has 0 spiro atoms. The number of carbonyl (C=O) groups excluding carboxylic acids is 1. The number of hydrogen-bond acceptors (Lipinski definition) is 1. The summed E-state index contributed by atoms with van der Waals surface area (Å²) in [7, 11) is 0. The van der Waals surface area contributed by atoms with E-state index >= 15 is 0 Å². The van der Waals surface area contributed by atoms with Crippen LogP contribution >= 0.6 is 0 Å². The van der Waals surface area contributed by atoms with Crippen molar-refractivity contribution in [3.05, 3.63) is 42.0 Å². The highest BCUT2D eigenvalue weighted by Gasteiger charge is 1.94. The van der Waals surface area contributed by atoms with Crippen LogP contribution < -0.4 is 5.32 Å². The third kappa shape index (κ3) is 3.44. The Bertz CT molecular complexity index is 331. The van der Waals surface area contributed by atoms with E-state index in [1.807, 2.05) is 18.2 Å². The maximum absolute atomic E-state index is 10.6. The summed E-state index contributed by atoms with van der Waals surface area (Å²) < 4.78 is 0. The lowest BCUT2D eigenvalue weighted by Gasteiger charge is -2.03. The summed E-state index contributed by atoms with van der Waals surface area (Å²) in [6, 6.07) is 8.14. The lowest BCUT2D eigenvalue weighted by atomic mass is 10.1. The highest BCUT2D eigenvalue weighted by molar-refractivity contribution is 5.72. The lowest BCUT2D eigenvalue weighted by Crippen LogP contribution is -2.22. The molecular formula is C12H15NO. The van der Waals surface area contributed by atoms with Gasteiger partial charge in [-0.3, -0.25) is 4.79 Å². The van der Waals surface area contributed by atoms with E-state index in [1.165, 1.54) is 12.5 Å². The lowest BCUT2D eigenvalue weighted by molar-refractivity contribution is -0.118. The zero-order valence-corrected chi connectivity index (χ0v) is 8.42. The van der Waals surface area contributed by atoms with Crippen LogP contribution in [0.1, 0.15) is 18.1 Å². The van der Waals surface area contributed by atoms with Crippen molar-refractivity contribution in [1.82, 2.24) is 5.32 Å². The first-order chi connectivity index (χ1) is 6.72. The Hall–Kier alpha value is -1.57. The van der Waals surface area contributed by atoms with Crippen LogP contribution in [0.3, 0.4) is 0 Å². The van der Waals surface area contributed by atoms with Gasteiger partial charge in [-0.05, 0) is 17.5 Å². The van der Waals surface area contributed by atoms with Crippen LogP contribution in [0.2, 0.25) is 0 Å². The van der Waals surface area contributed by atoms with E-state index in [9.17, 15) is 4.79 Å². The summed E-state index contributed by atoms with van der Waals surface area (Å²) >= 11 is 0. The molecule has 0 bridgehead atoms. The smallest absolute Gasteiger partial charge is 0.216 e. The van der Waals surface area contributed by atoms with Gasteiger partial charge in [-0.25, -0.2) is 0 Å². The van der Waals surface area contributed by atoms with Gasteiger partial charge < -0.3 is 5.32 Å². The predicted molar refractivity (Wildman–Crippen MR) is 58.9 cm³/mol. The van der Waals surface area contributed by atoms with Crippen molar-refractivity contribution in [3.8, 4) is 0 Å². The highest BCUT2D eigenvalue weighted by atomic mass is 16.1. The topological polar surface area (TPSA) is 29.1 Å². The maximum atomic E-state index is 10.6. The van der Waals surface area contributed by atoms with E-state index in [4.69, 9.17) is 0 Å². The quantitative estimate of drug-likeness (QED) is 0.771. The van der Waals surface area contributed by atoms with Crippen molar-refractivity contribution in [2.75, 3.05) is 6.54 Å². The second-order valence-corrected chi connectivity index (χ2v) is 3.18. The molecule has 0 unspecified atom stereocenters. The van der Waals surface area contributed by atoms with Gasteiger partial charge >= 0.3 is 0 Å². The van der Waals surface area contributed by atoms with Crippen LogP contribution in [0.5, 0.6) is 0 Å². The number of nitrogens with one attached hydrogen (secondary N) is 1. The molecular weight excluding hydrogens is 174 g/mol. The number of hydrogen-bond donors (Lipinski definition) is 1. The molecule has 0 aliphatic rings. The molecule has 74 valence electrons. The first-order valence-corrected chi connectivity index (χ1v) is 4.68. The molecule has 0 aliphatic carbocycles. The summed E-state index contributed by atoms with van der Waals surface area (Å²) in [5.41, 5.74) is 2.33. The molecule has 0 atom stereocenters. The molecule has 1 aromatic rings. The second kappa shape index (κ2) is 5.22. The van der Waals surface area contributed by atoms with Gasteiger partial charge in [0.15, 0.2) is 0 Å². The van der Waals surface area contributed by atoms with Crippen LogP contribution in [0.15, 0.2) is 30.8 Å². The SMILES string of the molecule is C=Cc1cccc(CCNC(C)=O)c1. The van der Waals surface area contributed by atoms with Crippen molar-refractivity contribution >= 4 is 12.0 Å². The minimum Gasteiger partial charge on any atom is -0.356 e. The van der Waals surface area contributed by atoms with Crippen LogP contribution in [-0.2, 0) is 11.2 Å². The zero-order chi connectivity index (χ0) is 10.4. The highest BCUT2D eigenvalue weighted by Crippen LogP contribution is 2.06. The fraction of sp³-hybridized carbons (Fsp3) is 0.250. The predicted octanol–water partition coefficient (Wildman–Crippen LogP) is 2.01. The van der Waals surface area contributed by atoms with E-state index in [1.54, 1.807) is 0 Å². The van der Waals surface area contributed by atoms with Crippen molar-refractivity contribution < 1.29 is 4.79 Å². The molecule has 0 saturated heterocycles. The van der Waals surface area contributed by atoms with E-state index in [-0.39, 0.29) is 5.91 Å². The standard InChI is InChI=1S/C12H15NO/c1-3-11-5-4-6-12(9-11)7-8-13-10(2)14/h3-6,9H,1,7-8H2,2H3,(H,13,14). The zero-order valence-electron chi connectivity index (χ0n) is 8.42.